The summed E-state index contributed by atoms with van der Waals surface area (Å²) in [6, 6.07) is 2.74. The van der Waals surface area contributed by atoms with Crippen molar-refractivity contribution >= 4 is 24.5 Å². The van der Waals surface area contributed by atoms with Crippen LogP contribution in [0.5, 0.6) is 0 Å². The van der Waals surface area contributed by atoms with Crippen LogP contribution in [0.1, 0.15) is 41.8 Å². The summed E-state index contributed by atoms with van der Waals surface area (Å²) in [7, 11) is -1.02. The van der Waals surface area contributed by atoms with Crippen molar-refractivity contribution in [1.82, 2.24) is 10.2 Å². The van der Waals surface area contributed by atoms with Crippen molar-refractivity contribution in [2.45, 2.75) is 39.8 Å². The first-order valence-corrected chi connectivity index (χ1v) is 10.6. The van der Waals surface area contributed by atoms with Crippen LogP contribution in [0.25, 0.3) is 0 Å². The number of carbonyl (C=O) groups is 2. The SMILES string of the molecule is Cc1c(C(=O)NC(C(=O)OCCCN2CCOCC2)C(C)C)ccc2c1B(O)OC2. The topological polar surface area (TPSA) is 97.3 Å². The van der Waals surface area contributed by atoms with E-state index in [0.717, 1.165) is 44.8 Å². The summed E-state index contributed by atoms with van der Waals surface area (Å²) in [6.45, 7) is 10.3. The maximum atomic E-state index is 12.9. The zero-order chi connectivity index (χ0) is 21.7. The van der Waals surface area contributed by atoms with Crippen LogP contribution in [-0.4, -0.2) is 74.4 Å². The predicted molar refractivity (Wildman–Crippen MR) is 113 cm³/mol. The molecule has 2 aliphatic heterocycles. The van der Waals surface area contributed by atoms with Gasteiger partial charge in [0.25, 0.3) is 5.91 Å². The molecule has 2 N–H and O–H groups in total. The van der Waals surface area contributed by atoms with Gasteiger partial charge in [-0.1, -0.05) is 19.9 Å². The molecule has 0 spiro atoms. The molecule has 0 aliphatic carbocycles. The Balaban J connectivity index is 1.55. The molecule has 2 aliphatic rings. The monoisotopic (exact) mass is 418 g/mol. The number of hydrogen-bond donors (Lipinski definition) is 2. The molecular formula is C21H31BN2O6. The van der Waals surface area contributed by atoms with E-state index in [1.807, 2.05) is 13.8 Å². The first-order chi connectivity index (χ1) is 14.4. The van der Waals surface area contributed by atoms with Crippen molar-refractivity contribution in [1.29, 1.82) is 0 Å². The molecule has 1 atom stereocenters. The molecular weight excluding hydrogens is 387 g/mol. The number of hydrogen-bond acceptors (Lipinski definition) is 7. The van der Waals surface area contributed by atoms with Crippen LogP contribution in [0, 0.1) is 12.8 Å². The third-order valence-corrected chi connectivity index (χ3v) is 5.67. The number of fused-ring (bicyclic) bond motifs is 1. The molecule has 30 heavy (non-hydrogen) atoms. The van der Waals surface area contributed by atoms with Gasteiger partial charge in [-0.3, -0.25) is 9.69 Å². The second-order valence-electron chi connectivity index (χ2n) is 8.14. The summed E-state index contributed by atoms with van der Waals surface area (Å²) >= 11 is 0. The normalized spacial score (nSPS) is 17.7. The van der Waals surface area contributed by atoms with Crippen LogP contribution in [-0.2, 0) is 25.5 Å². The first kappa shape index (κ1) is 22.7. The minimum atomic E-state index is -1.02. The molecule has 1 fully saturated rings. The zero-order valence-corrected chi connectivity index (χ0v) is 18.0. The van der Waals surface area contributed by atoms with Gasteiger partial charge in [-0.05, 0) is 41.9 Å². The van der Waals surface area contributed by atoms with E-state index < -0.39 is 19.1 Å². The Morgan fingerprint density at radius 1 is 1.30 bits per heavy atom. The van der Waals surface area contributed by atoms with Crippen molar-refractivity contribution in [3.05, 3.63) is 28.8 Å². The summed E-state index contributed by atoms with van der Waals surface area (Å²) in [4.78, 5) is 27.7. The van der Waals surface area contributed by atoms with E-state index in [0.29, 0.717) is 29.8 Å². The minimum absolute atomic E-state index is 0.121. The minimum Gasteiger partial charge on any atom is -0.464 e. The number of amides is 1. The number of ether oxygens (including phenoxy) is 2. The lowest BCUT2D eigenvalue weighted by Gasteiger charge is -2.26. The van der Waals surface area contributed by atoms with Crippen molar-refractivity contribution in [3.8, 4) is 0 Å². The molecule has 1 aromatic carbocycles. The maximum Gasteiger partial charge on any atom is 0.492 e. The van der Waals surface area contributed by atoms with Gasteiger partial charge < -0.3 is 24.5 Å². The van der Waals surface area contributed by atoms with Gasteiger partial charge in [0, 0.05) is 25.2 Å². The third kappa shape index (κ3) is 5.40. The number of morpholine rings is 1. The smallest absolute Gasteiger partial charge is 0.464 e. The molecule has 1 unspecified atom stereocenters. The van der Waals surface area contributed by atoms with E-state index in [1.54, 1.807) is 19.1 Å². The quantitative estimate of drug-likeness (QED) is 0.355. The average molecular weight is 418 g/mol. The molecule has 0 aromatic heterocycles. The largest absolute Gasteiger partial charge is 0.492 e. The lowest BCUT2D eigenvalue weighted by atomic mass is 9.75. The van der Waals surface area contributed by atoms with Gasteiger partial charge in [0.1, 0.15) is 6.04 Å². The molecule has 0 radical (unpaired) electrons. The Bertz CT molecular complexity index is 766. The molecule has 0 bridgehead atoms. The van der Waals surface area contributed by atoms with Crippen molar-refractivity contribution < 1.29 is 28.7 Å². The summed E-state index contributed by atoms with van der Waals surface area (Å²) in [5.74, 6) is -0.912. The Hall–Kier alpha value is -1.94. The third-order valence-electron chi connectivity index (χ3n) is 5.67. The number of benzene rings is 1. The second kappa shape index (κ2) is 10.4. The van der Waals surface area contributed by atoms with Crippen molar-refractivity contribution in [3.63, 3.8) is 0 Å². The summed E-state index contributed by atoms with van der Waals surface area (Å²) < 4.78 is 16.0. The van der Waals surface area contributed by atoms with Gasteiger partial charge in [0.05, 0.1) is 26.4 Å². The van der Waals surface area contributed by atoms with E-state index in [4.69, 9.17) is 14.1 Å². The Labute approximate surface area is 178 Å². The van der Waals surface area contributed by atoms with Crippen LogP contribution in [0.2, 0.25) is 0 Å². The van der Waals surface area contributed by atoms with Crippen LogP contribution in [0.15, 0.2) is 12.1 Å². The van der Waals surface area contributed by atoms with E-state index >= 15 is 0 Å². The van der Waals surface area contributed by atoms with Crippen LogP contribution < -0.4 is 10.8 Å². The number of rotatable bonds is 8. The molecule has 1 saturated heterocycles. The van der Waals surface area contributed by atoms with Crippen LogP contribution >= 0.6 is 0 Å². The average Bonchev–Trinajstić information content (AvgIpc) is 3.11. The second-order valence-corrected chi connectivity index (χ2v) is 8.14. The lowest BCUT2D eigenvalue weighted by Crippen LogP contribution is -2.46. The lowest BCUT2D eigenvalue weighted by molar-refractivity contribution is -0.147. The van der Waals surface area contributed by atoms with Gasteiger partial charge in [-0.2, -0.15) is 0 Å². The summed E-state index contributed by atoms with van der Waals surface area (Å²) in [5, 5.41) is 12.8. The van der Waals surface area contributed by atoms with E-state index in [-0.39, 0.29) is 11.8 Å². The number of nitrogens with one attached hydrogen (secondary N) is 1. The molecule has 164 valence electrons. The van der Waals surface area contributed by atoms with E-state index in [2.05, 4.69) is 10.2 Å². The highest BCUT2D eigenvalue weighted by Crippen LogP contribution is 2.17. The van der Waals surface area contributed by atoms with E-state index in [9.17, 15) is 14.6 Å². The molecule has 0 saturated carbocycles. The fourth-order valence-corrected chi connectivity index (χ4v) is 3.84. The Kier molecular flexibility index (Phi) is 7.88. The van der Waals surface area contributed by atoms with Crippen LogP contribution in [0.4, 0.5) is 0 Å². The highest BCUT2D eigenvalue weighted by atomic mass is 16.5. The Morgan fingerprint density at radius 2 is 2.03 bits per heavy atom. The number of nitrogens with zero attached hydrogens (tertiary/aromatic N) is 1. The first-order valence-electron chi connectivity index (χ1n) is 10.6. The van der Waals surface area contributed by atoms with Gasteiger partial charge in [-0.15, -0.1) is 0 Å². The molecule has 1 amide bonds. The zero-order valence-electron chi connectivity index (χ0n) is 18.0. The fraction of sp³-hybridized carbons (Fsp3) is 0.619. The standard InChI is InChI=1S/C21H31BN2O6/c1-14(2)19(21(26)29-10-4-7-24-8-11-28-12-9-24)23-20(25)17-6-5-16-13-30-22(27)18(16)15(17)3/h5-6,14,19,27H,4,7-13H2,1-3H3,(H,23,25). The molecule has 9 heteroatoms. The molecule has 3 rings (SSSR count). The molecule has 1 aromatic rings. The number of esters is 1. The molecule has 2 heterocycles. The van der Waals surface area contributed by atoms with Gasteiger partial charge in [0.2, 0.25) is 0 Å². The van der Waals surface area contributed by atoms with Crippen LogP contribution in [0.3, 0.4) is 0 Å². The highest BCUT2D eigenvalue weighted by molar-refractivity contribution is 6.62. The van der Waals surface area contributed by atoms with Gasteiger partial charge in [0.15, 0.2) is 0 Å². The predicted octanol–water partition coefficient (Wildman–Crippen LogP) is 0.233. The number of carbonyl (C=O) groups excluding carboxylic acids is 2. The van der Waals surface area contributed by atoms with Crippen molar-refractivity contribution in [2.24, 2.45) is 5.92 Å². The fourth-order valence-electron chi connectivity index (χ4n) is 3.84. The summed E-state index contributed by atoms with van der Waals surface area (Å²) in [6.07, 6.45) is 0.742. The highest BCUT2D eigenvalue weighted by Gasteiger charge is 2.32. The maximum absolute atomic E-state index is 12.9. The van der Waals surface area contributed by atoms with Gasteiger partial charge in [-0.25, -0.2) is 4.79 Å². The molecule has 8 nitrogen and oxygen atoms in total. The van der Waals surface area contributed by atoms with Crippen molar-refractivity contribution in [2.75, 3.05) is 39.5 Å². The van der Waals surface area contributed by atoms with E-state index in [1.165, 1.54) is 0 Å². The summed E-state index contributed by atoms with van der Waals surface area (Å²) in [5.41, 5.74) is 2.59. The van der Waals surface area contributed by atoms with Gasteiger partial charge >= 0.3 is 13.1 Å². The Morgan fingerprint density at radius 3 is 2.73 bits per heavy atom.